The number of halogens is 2. The van der Waals surface area contributed by atoms with E-state index in [1.165, 1.54) is 37.8 Å². The smallest absolute Gasteiger partial charge is 0.258 e. The summed E-state index contributed by atoms with van der Waals surface area (Å²) in [6.45, 7) is 6.02. The Hall–Kier alpha value is -2.71. The normalized spacial score (nSPS) is 23.4. The summed E-state index contributed by atoms with van der Waals surface area (Å²) in [7, 11) is 0. The highest BCUT2D eigenvalue weighted by atomic mass is 35.5. The van der Waals surface area contributed by atoms with Crippen LogP contribution in [0.25, 0.3) is 5.65 Å². The molecule has 0 aliphatic carbocycles. The van der Waals surface area contributed by atoms with Crippen LogP contribution in [-0.2, 0) is 13.1 Å². The van der Waals surface area contributed by atoms with Crippen molar-refractivity contribution in [2.24, 2.45) is 0 Å². The fourth-order valence-corrected chi connectivity index (χ4v) is 6.30. The highest BCUT2D eigenvalue weighted by molar-refractivity contribution is 6.31. The number of rotatable bonds is 6. The van der Waals surface area contributed by atoms with E-state index in [1.807, 2.05) is 6.92 Å². The van der Waals surface area contributed by atoms with Gasteiger partial charge in [-0.2, -0.15) is 5.10 Å². The van der Waals surface area contributed by atoms with Crippen molar-refractivity contribution in [3.05, 3.63) is 57.8 Å². The predicted octanol–water partition coefficient (Wildman–Crippen LogP) is 5.16. The first-order valence-electron chi connectivity index (χ1n) is 13.0. The van der Waals surface area contributed by atoms with E-state index >= 15 is 0 Å². The van der Waals surface area contributed by atoms with Crippen LogP contribution < -0.4 is 4.74 Å². The average Bonchev–Trinajstić information content (AvgIpc) is 3.49. The summed E-state index contributed by atoms with van der Waals surface area (Å²) in [5, 5.41) is 5.19. The molecule has 3 aliphatic rings. The molecular formula is C27H31ClFN5O2. The topological polar surface area (TPSA) is 63.0 Å². The van der Waals surface area contributed by atoms with E-state index in [9.17, 15) is 9.18 Å². The summed E-state index contributed by atoms with van der Waals surface area (Å²) in [5.74, 6) is -0.245. The molecule has 190 valence electrons. The third-order valence-corrected chi connectivity index (χ3v) is 8.43. The first-order chi connectivity index (χ1) is 17.4. The van der Waals surface area contributed by atoms with Gasteiger partial charge in [-0.05, 0) is 57.7 Å². The Labute approximate surface area is 215 Å². The van der Waals surface area contributed by atoms with Gasteiger partial charge in [-0.15, -0.1) is 0 Å². The Morgan fingerprint density at radius 2 is 2.00 bits per heavy atom. The molecule has 0 spiro atoms. The number of fused-ring (bicyclic) bond motifs is 5. The lowest BCUT2D eigenvalue weighted by molar-refractivity contribution is 0.0471. The van der Waals surface area contributed by atoms with Crippen molar-refractivity contribution < 1.29 is 13.9 Å². The molecule has 6 rings (SSSR count). The number of carbonyl (C=O) groups is 1. The van der Waals surface area contributed by atoms with Gasteiger partial charge in [-0.1, -0.05) is 24.9 Å². The molecule has 9 heteroatoms. The number of hydrogen-bond acceptors (Lipinski definition) is 5. The first kappa shape index (κ1) is 23.7. The van der Waals surface area contributed by atoms with E-state index in [0.717, 1.165) is 36.3 Å². The molecule has 7 nitrogen and oxygen atoms in total. The molecule has 0 radical (unpaired) electrons. The van der Waals surface area contributed by atoms with Crippen molar-refractivity contribution in [2.45, 2.75) is 83.6 Å². The van der Waals surface area contributed by atoms with E-state index < -0.39 is 5.82 Å². The van der Waals surface area contributed by atoms with Crippen molar-refractivity contribution in [2.75, 3.05) is 6.54 Å². The zero-order valence-corrected chi connectivity index (χ0v) is 21.5. The number of piperidine rings is 1. The van der Waals surface area contributed by atoms with E-state index in [1.54, 1.807) is 21.7 Å². The van der Waals surface area contributed by atoms with Crippen LogP contribution in [0.3, 0.4) is 0 Å². The molecule has 2 unspecified atom stereocenters. The molecular weight excluding hydrogens is 481 g/mol. The second-order valence-electron chi connectivity index (χ2n) is 10.3. The number of benzene rings is 1. The van der Waals surface area contributed by atoms with Gasteiger partial charge in [0.15, 0.2) is 5.65 Å². The largest absolute Gasteiger partial charge is 0.489 e. The van der Waals surface area contributed by atoms with Gasteiger partial charge in [0.2, 0.25) is 0 Å². The first-order valence-corrected chi connectivity index (χ1v) is 13.3. The molecule has 3 aliphatic heterocycles. The third kappa shape index (κ3) is 4.04. The number of aryl methyl sites for hydroxylation is 1. The number of ether oxygens (including phenoxy) is 1. The molecule has 5 heterocycles. The number of nitrogens with zero attached hydrogens (tertiary/aromatic N) is 5. The van der Waals surface area contributed by atoms with E-state index in [4.69, 9.17) is 16.3 Å². The summed E-state index contributed by atoms with van der Waals surface area (Å²) in [4.78, 5) is 22.4. The minimum atomic E-state index is -0.399. The lowest BCUT2D eigenvalue weighted by Crippen LogP contribution is -2.46. The minimum absolute atomic E-state index is 0.00867. The monoisotopic (exact) mass is 511 g/mol. The second kappa shape index (κ2) is 9.30. The molecule has 2 aromatic heterocycles. The highest BCUT2D eigenvalue weighted by Gasteiger charge is 2.41. The third-order valence-electron chi connectivity index (χ3n) is 8.06. The number of hydrogen-bond donors (Lipinski definition) is 0. The van der Waals surface area contributed by atoms with Gasteiger partial charge in [-0.3, -0.25) is 9.69 Å². The molecule has 0 saturated carbocycles. The summed E-state index contributed by atoms with van der Waals surface area (Å²) in [5.41, 5.74) is 3.65. The van der Waals surface area contributed by atoms with Gasteiger partial charge in [-0.25, -0.2) is 13.9 Å². The van der Waals surface area contributed by atoms with Gasteiger partial charge in [0.1, 0.15) is 17.7 Å². The Kier molecular flexibility index (Phi) is 6.12. The van der Waals surface area contributed by atoms with Crippen molar-refractivity contribution in [1.29, 1.82) is 0 Å². The van der Waals surface area contributed by atoms with Gasteiger partial charge in [0, 0.05) is 29.9 Å². The van der Waals surface area contributed by atoms with Crippen LogP contribution in [0.1, 0.15) is 72.8 Å². The molecule has 0 N–H and O–H groups in total. The van der Waals surface area contributed by atoms with E-state index in [2.05, 4.69) is 21.9 Å². The molecule has 3 atom stereocenters. The van der Waals surface area contributed by atoms with Gasteiger partial charge >= 0.3 is 0 Å². The summed E-state index contributed by atoms with van der Waals surface area (Å²) >= 11 is 6.20. The van der Waals surface area contributed by atoms with Gasteiger partial charge in [0.25, 0.3) is 5.91 Å². The standard InChI is InChI=1S/C27H31ClFN5O2/c1-3-4-9-33-18-6-7-19(33)12-20(11-18)36-25-10-17(29)5-8-21(25)27(35)32-14-22-24(15-32)31-34-16(2)23(28)13-30-26(22)34/h5,8,10,13,18-20H,3-4,6-7,9,11-12,14-15H2,1-2H3/t18-,19?,20?/m1/s1. The van der Waals surface area contributed by atoms with Crippen LogP contribution >= 0.6 is 11.6 Å². The zero-order chi connectivity index (χ0) is 25.0. The zero-order valence-electron chi connectivity index (χ0n) is 20.7. The van der Waals surface area contributed by atoms with Crippen LogP contribution in [0.4, 0.5) is 4.39 Å². The lowest BCUT2D eigenvalue weighted by atomic mass is 9.99. The fourth-order valence-electron chi connectivity index (χ4n) is 6.17. The van der Waals surface area contributed by atoms with Crippen LogP contribution in [0, 0.1) is 12.7 Å². The second-order valence-corrected chi connectivity index (χ2v) is 10.7. The Balaban J connectivity index is 1.20. The molecule has 3 aromatic rings. The van der Waals surface area contributed by atoms with Crippen molar-refractivity contribution in [3.8, 4) is 5.75 Å². The Morgan fingerprint density at radius 1 is 1.22 bits per heavy atom. The van der Waals surface area contributed by atoms with Crippen LogP contribution in [-0.4, -0.2) is 55.0 Å². The van der Waals surface area contributed by atoms with Crippen molar-refractivity contribution in [3.63, 3.8) is 0 Å². The molecule has 2 saturated heterocycles. The molecule has 1 amide bonds. The van der Waals surface area contributed by atoms with Crippen molar-refractivity contribution in [1.82, 2.24) is 24.4 Å². The summed E-state index contributed by atoms with van der Waals surface area (Å²) in [6, 6.07) is 5.27. The Bertz CT molecular complexity index is 1310. The van der Waals surface area contributed by atoms with Crippen LogP contribution in [0.5, 0.6) is 5.75 Å². The molecule has 2 fully saturated rings. The quantitative estimate of drug-likeness (QED) is 0.457. The summed E-state index contributed by atoms with van der Waals surface area (Å²) in [6.07, 6.45) is 8.24. The van der Waals surface area contributed by atoms with Gasteiger partial charge in [0.05, 0.1) is 35.1 Å². The van der Waals surface area contributed by atoms with Crippen LogP contribution in [0.2, 0.25) is 5.02 Å². The lowest BCUT2D eigenvalue weighted by Gasteiger charge is -2.39. The average molecular weight is 512 g/mol. The SMILES string of the molecule is CCCCN1C2CC[C@@H]1CC(Oc1cc(F)ccc1C(=O)N1Cc3nn4c(C)c(Cl)cnc4c3C1)C2. The maximum Gasteiger partial charge on any atom is 0.258 e. The summed E-state index contributed by atoms with van der Waals surface area (Å²) < 4.78 is 22.4. The van der Waals surface area contributed by atoms with Crippen LogP contribution in [0.15, 0.2) is 24.4 Å². The maximum absolute atomic E-state index is 14.3. The molecule has 36 heavy (non-hydrogen) atoms. The fraction of sp³-hybridized carbons (Fsp3) is 0.519. The van der Waals surface area contributed by atoms with E-state index in [0.29, 0.717) is 47.2 Å². The maximum atomic E-state index is 14.3. The molecule has 2 bridgehead atoms. The number of unbranched alkanes of at least 4 members (excludes halogenated alkanes) is 1. The number of amides is 1. The number of carbonyl (C=O) groups excluding carboxylic acids is 1. The van der Waals surface area contributed by atoms with Gasteiger partial charge < -0.3 is 9.64 Å². The highest BCUT2D eigenvalue weighted by Crippen LogP contribution is 2.38. The van der Waals surface area contributed by atoms with E-state index in [-0.39, 0.29) is 12.0 Å². The molecule has 1 aromatic carbocycles. The number of aromatic nitrogens is 3. The minimum Gasteiger partial charge on any atom is -0.489 e. The Morgan fingerprint density at radius 3 is 2.75 bits per heavy atom. The van der Waals surface area contributed by atoms with Crippen molar-refractivity contribution >= 4 is 23.2 Å². The predicted molar refractivity (Wildman–Crippen MR) is 135 cm³/mol.